The second kappa shape index (κ2) is 9.27. The molecule has 0 saturated carbocycles. The molecule has 0 aromatic heterocycles. The Morgan fingerprint density at radius 1 is 1.17 bits per heavy atom. The first-order valence-electron chi connectivity index (χ1n) is 8.57. The van der Waals surface area contributed by atoms with E-state index in [0.717, 1.165) is 25.9 Å². The molecule has 0 bridgehead atoms. The Bertz CT molecular complexity index is 567. The molecule has 2 amide bonds. The zero-order chi connectivity index (χ0) is 17.4. The number of nitrogens with zero attached hydrogens (tertiary/aromatic N) is 1. The lowest BCUT2D eigenvalue weighted by molar-refractivity contribution is -0.116. The molecular formula is C18H27N3O3. The molecule has 0 radical (unpaired) electrons. The highest BCUT2D eigenvalue weighted by Crippen LogP contribution is 2.26. The number of hydrogen-bond acceptors (Lipinski definition) is 4. The van der Waals surface area contributed by atoms with Crippen LogP contribution in [0.15, 0.2) is 18.2 Å². The number of carbonyl (C=O) groups excluding carboxylic acids is 2. The number of methoxy groups -OCH3 is 1. The molecule has 2 rings (SSSR count). The fourth-order valence-electron chi connectivity index (χ4n) is 2.85. The van der Waals surface area contributed by atoms with Gasteiger partial charge in [-0.2, -0.15) is 0 Å². The van der Waals surface area contributed by atoms with E-state index in [-0.39, 0.29) is 11.8 Å². The van der Waals surface area contributed by atoms with Gasteiger partial charge in [-0.25, -0.2) is 0 Å². The molecule has 1 fully saturated rings. The number of carbonyl (C=O) groups is 2. The summed E-state index contributed by atoms with van der Waals surface area (Å²) in [4.78, 5) is 26.6. The average molecular weight is 333 g/mol. The molecule has 1 saturated heterocycles. The summed E-state index contributed by atoms with van der Waals surface area (Å²) in [5.74, 6) is 0.465. The van der Waals surface area contributed by atoms with Crippen molar-refractivity contribution in [3.63, 3.8) is 0 Å². The van der Waals surface area contributed by atoms with Gasteiger partial charge in [0.15, 0.2) is 0 Å². The lowest BCUT2D eigenvalue weighted by Crippen LogP contribution is -2.31. The Morgan fingerprint density at radius 3 is 2.50 bits per heavy atom. The van der Waals surface area contributed by atoms with Crippen molar-refractivity contribution in [2.45, 2.75) is 32.1 Å². The molecule has 0 atom stereocenters. The normalized spacial score (nSPS) is 14.8. The van der Waals surface area contributed by atoms with Crippen molar-refractivity contribution in [2.75, 3.05) is 39.1 Å². The van der Waals surface area contributed by atoms with Gasteiger partial charge < -0.3 is 20.3 Å². The predicted octanol–water partition coefficient (Wildman–Crippen LogP) is 2.26. The van der Waals surface area contributed by atoms with E-state index in [9.17, 15) is 9.59 Å². The van der Waals surface area contributed by atoms with Crippen molar-refractivity contribution in [1.29, 1.82) is 0 Å². The van der Waals surface area contributed by atoms with Crippen LogP contribution in [0.4, 0.5) is 5.69 Å². The van der Waals surface area contributed by atoms with Crippen molar-refractivity contribution in [2.24, 2.45) is 0 Å². The molecule has 6 heteroatoms. The maximum atomic E-state index is 12.7. The summed E-state index contributed by atoms with van der Waals surface area (Å²) in [6.07, 6.45) is 4.83. The number of hydrogen-bond donors (Lipinski definition) is 2. The molecule has 24 heavy (non-hydrogen) atoms. The molecular weight excluding hydrogens is 306 g/mol. The topological polar surface area (TPSA) is 70.7 Å². The highest BCUT2D eigenvalue weighted by molar-refractivity contribution is 5.98. The highest BCUT2D eigenvalue weighted by Gasteiger charge is 2.19. The number of rotatable bonds is 6. The maximum absolute atomic E-state index is 12.7. The SMILES string of the molecule is CNCCC(=O)Nc1cc(C(=O)N2CCCCCC2)ccc1OC. The molecule has 1 aromatic rings. The van der Waals surface area contributed by atoms with Crippen LogP contribution in [0.25, 0.3) is 0 Å². The zero-order valence-electron chi connectivity index (χ0n) is 14.6. The van der Waals surface area contributed by atoms with Crippen LogP contribution in [-0.2, 0) is 4.79 Å². The monoisotopic (exact) mass is 333 g/mol. The maximum Gasteiger partial charge on any atom is 0.253 e. The minimum Gasteiger partial charge on any atom is -0.495 e. The Morgan fingerprint density at radius 2 is 1.88 bits per heavy atom. The van der Waals surface area contributed by atoms with E-state index in [1.54, 1.807) is 32.4 Å². The molecule has 132 valence electrons. The lowest BCUT2D eigenvalue weighted by atomic mass is 10.1. The fraction of sp³-hybridized carbons (Fsp3) is 0.556. The fourth-order valence-corrected chi connectivity index (χ4v) is 2.85. The van der Waals surface area contributed by atoms with Gasteiger partial charge in [0.1, 0.15) is 5.75 Å². The van der Waals surface area contributed by atoms with E-state index < -0.39 is 0 Å². The van der Waals surface area contributed by atoms with E-state index in [2.05, 4.69) is 10.6 Å². The van der Waals surface area contributed by atoms with Crippen molar-refractivity contribution in [3.8, 4) is 5.75 Å². The first kappa shape index (κ1) is 18.3. The molecule has 0 spiro atoms. The summed E-state index contributed by atoms with van der Waals surface area (Å²) < 4.78 is 5.30. The van der Waals surface area contributed by atoms with Gasteiger partial charge in [-0.1, -0.05) is 12.8 Å². The summed E-state index contributed by atoms with van der Waals surface area (Å²) in [6, 6.07) is 5.21. The third-order valence-corrected chi connectivity index (χ3v) is 4.22. The minimum atomic E-state index is -0.109. The van der Waals surface area contributed by atoms with Crippen molar-refractivity contribution in [1.82, 2.24) is 10.2 Å². The first-order valence-corrected chi connectivity index (χ1v) is 8.57. The number of likely N-dealkylation sites (tertiary alicyclic amines) is 1. The summed E-state index contributed by atoms with van der Waals surface area (Å²) >= 11 is 0. The first-order chi connectivity index (χ1) is 11.7. The largest absolute Gasteiger partial charge is 0.495 e. The van der Waals surface area contributed by atoms with E-state index in [1.165, 1.54) is 12.8 Å². The van der Waals surface area contributed by atoms with Gasteiger partial charge in [-0.15, -0.1) is 0 Å². The van der Waals surface area contributed by atoms with Crippen LogP contribution >= 0.6 is 0 Å². The molecule has 0 aliphatic carbocycles. The number of nitrogens with one attached hydrogen (secondary N) is 2. The van der Waals surface area contributed by atoms with Crippen LogP contribution in [0.1, 0.15) is 42.5 Å². The highest BCUT2D eigenvalue weighted by atomic mass is 16.5. The summed E-state index contributed by atoms with van der Waals surface area (Å²) in [6.45, 7) is 2.20. The molecule has 6 nitrogen and oxygen atoms in total. The Hall–Kier alpha value is -2.08. The Kier molecular flexibility index (Phi) is 7.06. The van der Waals surface area contributed by atoms with E-state index >= 15 is 0 Å². The van der Waals surface area contributed by atoms with Crippen LogP contribution in [0.5, 0.6) is 5.75 Å². The van der Waals surface area contributed by atoms with Gasteiger partial charge in [0.2, 0.25) is 5.91 Å². The number of anilines is 1. The molecule has 1 aromatic carbocycles. The molecule has 0 unspecified atom stereocenters. The third-order valence-electron chi connectivity index (χ3n) is 4.22. The average Bonchev–Trinajstić information content (AvgIpc) is 2.88. The number of benzene rings is 1. The minimum absolute atomic E-state index is 0.0188. The van der Waals surface area contributed by atoms with Crippen molar-refractivity contribution in [3.05, 3.63) is 23.8 Å². The van der Waals surface area contributed by atoms with Crippen LogP contribution in [0, 0.1) is 0 Å². The molecule has 1 aliphatic rings. The standard InChI is InChI=1S/C18H27N3O3/c1-19-10-9-17(22)20-15-13-14(7-8-16(15)24-2)18(23)21-11-5-3-4-6-12-21/h7-8,13,19H,3-6,9-12H2,1-2H3,(H,20,22). The second-order valence-corrected chi connectivity index (χ2v) is 6.02. The smallest absolute Gasteiger partial charge is 0.253 e. The Balaban J connectivity index is 2.14. The van der Waals surface area contributed by atoms with E-state index in [1.807, 2.05) is 4.90 Å². The van der Waals surface area contributed by atoms with Crippen molar-refractivity contribution >= 4 is 17.5 Å². The summed E-state index contributed by atoms with van der Waals surface area (Å²) in [5, 5.41) is 5.77. The van der Waals surface area contributed by atoms with E-state index in [0.29, 0.717) is 30.0 Å². The third kappa shape index (κ3) is 4.96. The van der Waals surface area contributed by atoms with E-state index in [4.69, 9.17) is 4.74 Å². The van der Waals surface area contributed by atoms with Gasteiger partial charge in [0.25, 0.3) is 5.91 Å². The second-order valence-electron chi connectivity index (χ2n) is 6.02. The van der Waals surface area contributed by atoms with Crippen LogP contribution in [0.2, 0.25) is 0 Å². The quantitative estimate of drug-likeness (QED) is 0.838. The predicted molar refractivity (Wildman–Crippen MR) is 94.5 cm³/mol. The van der Waals surface area contributed by atoms with Gasteiger partial charge in [0, 0.05) is 31.6 Å². The summed E-state index contributed by atoms with van der Waals surface area (Å²) in [5.41, 5.74) is 1.13. The van der Waals surface area contributed by atoms with Crippen LogP contribution < -0.4 is 15.4 Å². The van der Waals surface area contributed by atoms with Gasteiger partial charge in [0.05, 0.1) is 12.8 Å². The van der Waals surface area contributed by atoms with Crippen molar-refractivity contribution < 1.29 is 14.3 Å². The van der Waals surface area contributed by atoms with Gasteiger partial charge in [-0.3, -0.25) is 9.59 Å². The Labute approximate surface area is 143 Å². The molecule has 1 heterocycles. The van der Waals surface area contributed by atoms with Gasteiger partial charge in [-0.05, 0) is 38.1 Å². The number of ether oxygens (including phenoxy) is 1. The molecule has 2 N–H and O–H groups in total. The summed E-state index contributed by atoms with van der Waals surface area (Å²) in [7, 11) is 3.35. The van der Waals surface area contributed by atoms with Gasteiger partial charge >= 0.3 is 0 Å². The van der Waals surface area contributed by atoms with Crippen LogP contribution in [-0.4, -0.2) is 50.5 Å². The molecule has 1 aliphatic heterocycles. The number of amides is 2. The zero-order valence-corrected chi connectivity index (χ0v) is 14.6. The van der Waals surface area contributed by atoms with Crippen LogP contribution in [0.3, 0.4) is 0 Å². The lowest BCUT2D eigenvalue weighted by Gasteiger charge is -2.21.